The third kappa shape index (κ3) is 3.70. The molecule has 0 spiro atoms. The molecule has 0 saturated carbocycles. The SMILES string of the molecule is C[C@H](Sc1nc2ncccn2n1)C(=O)N(C)Cc1cccc(F)c1. The monoisotopic (exact) mass is 345 g/mol. The van der Waals surface area contributed by atoms with E-state index in [-0.39, 0.29) is 17.0 Å². The summed E-state index contributed by atoms with van der Waals surface area (Å²) in [5.74, 6) is 0.112. The zero-order valence-corrected chi connectivity index (χ0v) is 14.1. The zero-order chi connectivity index (χ0) is 17.1. The number of nitrogens with zero attached hydrogens (tertiary/aromatic N) is 5. The van der Waals surface area contributed by atoms with Gasteiger partial charge in [-0.15, -0.1) is 5.10 Å². The number of hydrogen-bond acceptors (Lipinski definition) is 5. The van der Waals surface area contributed by atoms with E-state index >= 15 is 0 Å². The molecule has 1 atom stereocenters. The fourth-order valence-electron chi connectivity index (χ4n) is 2.27. The second-order valence-corrected chi connectivity index (χ2v) is 6.65. The van der Waals surface area contributed by atoms with Crippen LogP contribution in [0.15, 0.2) is 47.9 Å². The molecule has 0 N–H and O–H groups in total. The van der Waals surface area contributed by atoms with Crippen LogP contribution in [0.4, 0.5) is 4.39 Å². The van der Waals surface area contributed by atoms with Gasteiger partial charge in [0.05, 0.1) is 5.25 Å². The van der Waals surface area contributed by atoms with Gasteiger partial charge in [-0.25, -0.2) is 13.9 Å². The van der Waals surface area contributed by atoms with E-state index in [1.54, 1.807) is 54.0 Å². The number of benzene rings is 1. The van der Waals surface area contributed by atoms with E-state index in [2.05, 4.69) is 15.1 Å². The van der Waals surface area contributed by atoms with Crippen LogP contribution in [0, 0.1) is 5.82 Å². The molecule has 1 aromatic carbocycles. The summed E-state index contributed by atoms with van der Waals surface area (Å²) in [6, 6.07) is 8.00. The van der Waals surface area contributed by atoms with Crippen molar-refractivity contribution in [1.29, 1.82) is 0 Å². The Morgan fingerprint density at radius 1 is 1.42 bits per heavy atom. The van der Waals surface area contributed by atoms with E-state index in [4.69, 9.17) is 0 Å². The molecule has 3 aromatic rings. The molecular formula is C16H16FN5OS. The van der Waals surface area contributed by atoms with Gasteiger partial charge >= 0.3 is 0 Å². The van der Waals surface area contributed by atoms with Crippen LogP contribution < -0.4 is 0 Å². The minimum absolute atomic E-state index is 0.0731. The molecule has 0 aliphatic carbocycles. The average molecular weight is 345 g/mol. The molecule has 0 fully saturated rings. The lowest BCUT2D eigenvalue weighted by Crippen LogP contribution is -2.32. The van der Waals surface area contributed by atoms with Crippen LogP contribution >= 0.6 is 11.8 Å². The Labute approximate surface area is 142 Å². The number of carbonyl (C=O) groups excluding carboxylic acids is 1. The summed E-state index contributed by atoms with van der Waals surface area (Å²) >= 11 is 1.27. The van der Waals surface area contributed by atoms with Gasteiger partial charge in [-0.3, -0.25) is 4.79 Å². The van der Waals surface area contributed by atoms with E-state index in [0.717, 1.165) is 5.56 Å². The van der Waals surface area contributed by atoms with E-state index in [1.165, 1.54) is 23.9 Å². The van der Waals surface area contributed by atoms with E-state index in [9.17, 15) is 9.18 Å². The molecule has 8 heteroatoms. The summed E-state index contributed by atoms with van der Waals surface area (Å²) in [7, 11) is 1.70. The molecular weight excluding hydrogens is 329 g/mol. The van der Waals surface area contributed by atoms with Crippen molar-refractivity contribution in [2.24, 2.45) is 0 Å². The minimum Gasteiger partial charge on any atom is -0.340 e. The van der Waals surface area contributed by atoms with Crippen molar-refractivity contribution in [2.45, 2.75) is 23.9 Å². The second kappa shape index (κ2) is 6.96. The minimum atomic E-state index is -0.360. The van der Waals surface area contributed by atoms with Crippen LogP contribution in [0.3, 0.4) is 0 Å². The first-order valence-electron chi connectivity index (χ1n) is 7.36. The van der Waals surface area contributed by atoms with E-state index in [0.29, 0.717) is 17.5 Å². The van der Waals surface area contributed by atoms with E-state index in [1.807, 2.05) is 0 Å². The van der Waals surface area contributed by atoms with Crippen LogP contribution in [-0.4, -0.2) is 42.7 Å². The summed E-state index contributed by atoms with van der Waals surface area (Å²) in [6.45, 7) is 2.15. The predicted molar refractivity (Wildman–Crippen MR) is 89.0 cm³/mol. The molecule has 1 amide bonds. The van der Waals surface area contributed by atoms with Crippen LogP contribution in [0.1, 0.15) is 12.5 Å². The van der Waals surface area contributed by atoms with Crippen molar-refractivity contribution in [3.05, 3.63) is 54.1 Å². The number of fused-ring (bicyclic) bond motifs is 1. The van der Waals surface area contributed by atoms with Gasteiger partial charge in [0.2, 0.25) is 11.1 Å². The highest BCUT2D eigenvalue weighted by atomic mass is 32.2. The molecule has 24 heavy (non-hydrogen) atoms. The number of halogens is 1. The number of thioether (sulfide) groups is 1. The molecule has 6 nitrogen and oxygen atoms in total. The maximum atomic E-state index is 13.2. The summed E-state index contributed by atoms with van der Waals surface area (Å²) in [5, 5.41) is 4.41. The van der Waals surface area contributed by atoms with Crippen LogP contribution in [-0.2, 0) is 11.3 Å². The first-order valence-corrected chi connectivity index (χ1v) is 8.24. The Hall–Kier alpha value is -2.48. The summed E-state index contributed by atoms with van der Waals surface area (Å²) in [6.07, 6.45) is 3.39. The maximum Gasteiger partial charge on any atom is 0.253 e. The molecule has 0 aliphatic rings. The number of rotatable bonds is 5. The molecule has 2 heterocycles. The number of carbonyl (C=O) groups is 1. The quantitative estimate of drug-likeness (QED) is 0.665. The van der Waals surface area contributed by atoms with Crippen molar-refractivity contribution in [3.8, 4) is 0 Å². The Bertz CT molecular complexity index is 835. The fourth-order valence-corrected chi connectivity index (χ4v) is 3.14. The van der Waals surface area contributed by atoms with Crippen LogP contribution in [0.5, 0.6) is 0 Å². The Morgan fingerprint density at radius 2 is 2.25 bits per heavy atom. The van der Waals surface area contributed by atoms with Crippen molar-refractivity contribution < 1.29 is 9.18 Å². The molecule has 0 unspecified atom stereocenters. The lowest BCUT2D eigenvalue weighted by molar-refractivity contribution is -0.129. The first kappa shape index (κ1) is 16.4. The molecule has 3 rings (SSSR count). The Kier molecular flexibility index (Phi) is 4.75. The maximum absolute atomic E-state index is 13.2. The van der Waals surface area contributed by atoms with Crippen molar-refractivity contribution in [1.82, 2.24) is 24.5 Å². The molecule has 2 aromatic heterocycles. The van der Waals surface area contributed by atoms with E-state index < -0.39 is 0 Å². The number of hydrogen-bond donors (Lipinski definition) is 0. The van der Waals surface area contributed by atoms with Gasteiger partial charge in [0.25, 0.3) is 5.78 Å². The summed E-state index contributed by atoms with van der Waals surface area (Å²) in [5.41, 5.74) is 0.748. The zero-order valence-electron chi connectivity index (χ0n) is 13.3. The molecule has 0 bridgehead atoms. The highest BCUT2D eigenvalue weighted by Crippen LogP contribution is 2.21. The van der Waals surface area contributed by atoms with Gasteiger partial charge < -0.3 is 4.90 Å². The number of aromatic nitrogens is 4. The predicted octanol–water partition coefficient (Wildman–Crippen LogP) is 2.40. The average Bonchev–Trinajstić information content (AvgIpc) is 2.96. The summed E-state index contributed by atoms with van der Waals surface area (Å²) < 4.78 is 14.8. The van der Waals surface area contributed by atoms with Crippen molar-refractivity contribution in [2.75, 3.05) is 7.05 Å². The highest BCUT2D eigenvalue weighted by molar-refractivity contribution is 8.00. The first-order chi connectivity index (χ1) is 11.5. The second-order valence-electron chi connectivity index (χ2n) is 5.34. The fraction of sp³-hybridized carbons (Fsp3) is 0.250. The van der Waals surface area contributed by atoms with Gasteiger partial charge in [-0.1, -0.05) is 23.9 Å². The summed E-state index contributed by atoms with van der Waals surface area (Å²) in [4.78, 5) is 22.4. The van der Waals surface area contributed by atoms with Gasteiger partial charge in [0.15, 0.2) is 0 Å². The third-order valence-corrected chi connectivity index (χ3v) is 4.35. The van der Waals surface area contributed by atoms with Crippen LogP contribution in [0.25, 0.3) is 5.78 Å². The normalized spacial score (nSPS) is 12.3. The lowest BCUT2D eigenvalue weighted by Gasteiger charge is -2.20. The van der Waals surface area contributed by atoms with Gasteiger partial charge in [0, 0.05) is 26.0 Å². The molecule has 0 saturated heterocycles. The topological polar surface area (TPSA) is 63.4 Å². The van der Waals surface area contributed by atoms with Gasteiger partial charge in [-0.05, 0) is 30.7 Å². The Balaban J connectivity index is 1.65. The third-order valence-electron chi connectivity index (χ3n) is 3.41. The molecule has 0 aliphatic heterocycles. The smallest absolute Gasteiger partial charge is 0.253 e. The molecule has 124 valence electrons. The standard InChI is InChI=1S/C16H16FN5OS/c1-11(24-16-19-15-18-7-4-8-22(15)20-16)14(23)21(2)10-12-5-3-6-13(17)9-12/h3-9,11H,10H2,1-2H3/t11-/m0/s1. The van der Waals surface area contributed by atoms with Crippen molar-refractivity contribution in [3.63, 3.8) is 0 Å². The largest absolute Gasteiger partial charge is 0.340 e. The molecule has 0 radical (unpaired) electrons. The van der Waals surface area contributed by atoms with Gasteiger partial charge in [0.1, 0.15) is 5.82 Å². The lowest BCUT2D eigenvalue weighted by atomic mass is 10.2. The Morgan fingerprint density at radius 3 is 3.00 bits per heavy atom. The highest BCUT2D eigenvalue weighted by Gasteiger charge is 2.21. The number of amides is 1. The van der Waals surface area contributed by atoms with Gasteiger partial charge in [-0.2, -0.15) is 4.98 Å². The van der Waals surface area contributed by atoms with Crippen LogP contribution in [0.2, 0.25) is 0 Å². The van der Waals surface area contributed by atoms with Crippen molar-refractivity contribution >= 4 is 23.4 Å².